The highest BCUT2D eigenvalue weighted by Crippen LogP contribution is 2.28. The lowest BCUT2D eigenvalue weighted by molar-refractivity contribution is -0.129. The number of nitrogens with one attached hydrogen (secondary N) is 2. The summed E-state index contributed by atoms with van der Waals surface area (Å²) in [6, 6.07) is 8.25. The summed E-state index contributed by atoms with van der Waals surface area (Å²) in [4.78, 5) is 25.6. The van der Waals surface area contributed by atoms with E-state index in [1.54, 1.807) is 4.90 Å². The predicted octanol–water partition coefficient (Wildman–Crippen LogP) is 1.30. The van der Waals surface area contributed by atoms with Crippen molar-refractivity contribution in [2.45, 2.75) is 25.3 Å². The van der Waals surface area contributed by atoms with Crippen molar-refractivity contribution in [3.8, 4) is 0 Å². The van der Waals surface area contributed by atoms with Gasteiger partial charge in [0, 0.05) is 17.6 Å². The number of hydrogen-bond acceptors (Lipinski definition) is 4. The molecule has 3 heterocycles. The first-order valence-corrected chi connectivity index (χ1v) is 8.75. The number of ether oxygens (including phenoxy) is 1. The number of fused-ring (bicyclic) bond motifs is 1. The lowest BCUT2D eigenvalue weighted by atomic mass is 9.78. The Morgan fingerprint density at radius 2 is 2.04 bits per heavy atom. The van der Waals surface area contributed by atoms with Gasteiger partial charge >= 0.3 is 6.09 Å². The molecule has 3 saturated heterocycles. The first kappa shape index (κ1) is 15.4. The summed E-state index contributed by atoms with van der Waals surface area (Å²) >= 11 is 0. The van der Waals surface area contributed by atoms with E-state index in [1.807, 2.05) is 24.3 Å². The predicted molar refractivity (Wildman–Crippen MR) is 89.9 cm³/mol. The Labute approximate surface area is 141 Å². The second-order valence-corrected chi connectivity index (χ2v) is 6.94. The van der Waals surface area contributed by atoms with Gasteiger partial charge in [-0.25, -0.2) is 4.79 Å². The molecule has 3 fully saturated rings. The first-order valence-electron chi connectivity index (χ1n) is 8.75. The molecule has 0 aliphatic carbocycles. The Morgan fingerprint density at radius 3 is 2.79 bits per heavy atom. The summed E-state index contributed by atoms with van der Waals surface area (Å²) < 4.78 is 4.96. The Kier molecular flexibility index (Phi) is 4.14. The van der Waals surface area contributed by atoms with Crippen LogP contribution in [0.2, 0.25) is 0 Å². The van der Waals surface area contributed by atoms with Crippen LogP contribution in [-0.4, -0.2) is 44.3 Å². The summed E-state index contributed by atoms with van der Waals surface area (Å²) in [7, 11) is 0. The van der Waals surface area contributed by atoms with E-state index < -0.39 is 0 Å². The topological polar surface area (TPSA) is 70.7 Å². The van der Waals surface area contributed by atoms with E-state index in [0.29, 0.717) is 25.1 Å². The van der Waals surface area contributed by atoms with Crippen molar-refractivity contribution >= 4 is 17.7 Å². The molecule has 3 aliphatic rings. The third-order valence-corrected chi connectivity index (χ3v) is 5.38. The van der Waals surface area contributed by atoms with Crippen LogP contribution in [0, 0.1) is 11.8 Å². The minimum atomic E-state index is -0.287. The summed E-state index contributed by atoms with van der Waals surface area (Å²) in [5.41, 5.74) is 1.99. The van der Waals surface area contributed by atoms with Crippen molar-refractivity contribution in [1.82, 2.24) is 10.6 Å². The fourth-order valence-electron chi connectivity index (χ4n) is 4.03. The lowest BCUT2D eigenvalue weighted by Crippen LogP contribution is -2.56. The Morgan fingerprint density at radius 1 is 1.21 bits per heavy atom. The monoisotopic (exact) mass is 329 g/mol. The Hall–Kier alpha value is -2.08. The molecule has 6 nitrogen and oxygen atoms in total. The van der Waals surface area contributed by atoms with Gasteiger partial charge in [-0.15, -0.1) is 0 Å². The zero-order valence-corrected chi connectivity index (χ0v) is 13.7. The number of nitrogens with zero attached hydrogens (tertiary/aromatic N) is 1. The highest BCUT2D eigenvalue weighted by atomic mass is 16.6. The molecule has 0 bridgehead atoms. The van der Waals surface area contributed by atoms with Crippen LogP contribution in [0.5, 0.6) is 0 Å². The Balaban J connectivity index is 1.41. The van der Waals surface area contributed by atoms with E-state index >= 15 is 0 Å². The van der Waals surface area contributed by atoms with E-state index in [0.717, 1.165) is 43.6 Å². The third-order valence-electron chi connectivity index (χ3n) is 5.38. The molecule has 6 heteroatoms. The van der Waals surface area contributed by atoms with Crippen molar-refractivity contribution in [3.05, 3.63) is 29.8 Å². The average Bonchev–Trinajstić information content (AvgIpc) is 3.02. The van der Waals surface area contributed by atoms with Crippen LogP contribution < -0.4 is 15.5 Å². The van der Waals surface area contributed by atoms with Crippen LogP contribution in [-0.2, 0) is 16.0 Å². The van der Waals surface area contributed by atoms with Crippen molar-refractivity contribution in [1.29, 1.82) is 0 Å². The summed E-state index contributed by atoms with van der Waals surface area (Å²) in [6.07, 6.45) is 2.44. The fourth-order valence-corrected chi connectivity index (χ4v) is 4.03. The molecule has 0 aromatic heterocycles. The standard InChI is InChI=1S/C18H23N3O3/c22-17-13(10-14-11-19-6-5-16(14)20-17)9-12-1-3-15(4-2-12)21-7-8-24-18(21)23/h1-4,13-14,16,19H,5-11H2,(H,20,22). The maximum absolute atomic E-state index is 12.4. The van der Waals surface area contributed by atoms with Crippen molar-refractivity contribution < 1.29 is 14.3 Å². The number of anilines is 1. The molecule has 2 amide bonds. The normalized spacial score (nSPS) is 29.8. The van der Waals surface area contributed by atoms with Crippen LogP contribution in [0.15, 0.2) is 24.3 Å². The molecule has 4 rings (SSSR count). The second kappa shape index (κ2) is 6.43. The largest absolute Gasteiger partial charge is 0.447 e. The zero-order chi connectivity index (χ0) is 16.5. The number of piperidine rings is 2. The highest BCUT2D eigenvalue weighted by Gasteiger charge is 2.36. The number of carbonyl (C=O) groups is 2. The Bertz CT molecular complexity index is 631. The smallest absolute Gasteiger partial charge is 0.414 e. The van der Waals surface area contributed by atoms with Crippen LogP contribution in [0.1, 0.15) is 18.4 Å². The molecule has 3 aliphatic heterocycles. The maximum Gasteiger partial charge on any atom is 0.414 e. The molecule has 0 radical (unpaired) electrons. The minimum Gasteiger partial charge on any atom is -0.447 e. The van der Waals surface area contributed by atoms with Gasteiger partial charge in [-0.05, 0) is 56.0 Å². The quantitative estimate of drug-likeness (QED) is 0.877. The molecule has 0 saturated carbocycles. The van der Waals surface area contributed by atoms with E-state index in [2.05, 4.69) is 10.6 Å². The maximum atomic E-state index is 12.4. The number of rotatable bonds is 3. The van der Waals surface area contributed by atoms with Gasteiger partial charge in [0.2, 0.25) is 5.91 Å². The van der Waals surface area contributed by atoms with Gasteiger partial charge in [-0.2, -0.15) is 0 Å². The molecule has 2 N–H and O–H groups in total. The van der Waals surface area contributed by atoms with E-state index in [9.17, 15) is 9.59 Å². The molecular weight excluding hydrogens is 306 g/mol. The number of carbonyl (C=O) groups excluding carboxylic acids is 2. The zero-order valence-electron chi connectivity index (χ0n) is 13.7. The van der Waals surface area contributed by atoms with Gasteiger partial charge in [0.05, 0.1) is 6.54 Å². The van der Waals surface area contributed by atoms with Gasteiger partial charge in [-0.3, -0.25) is 9.69 Å². The van der Waals surface area contributed by atoms with Gasteiger partial charge < -0.3 is 15.4 Å². The van der Waals surface area contributed by atoms with Crippen LogP contribution in [0.3, 0.4) is 0 Å². The van der Waals surface area contributed by atoms with Crippen LogP contribution in [0.4, 0.5) is 10.5 Å². The van der Waals surface area contributed by atoms with Crippen molar-refractivity contribution in [2.75, 3.05) is 31.1 Å². The van der Waals surface area contributed by atoms with Crippen LogP contribution in [0.25, 0.3) is 0 Å². The first-order chi connectivity index (χ1) is 11.7. The van der Waals surface area contributed by atoms with E-state index in [1.165, 1.54) is 0 Å². The lowest BCUT2D eigenvalue weighted by Gasteiger charge is -2.39. The van der Waals surface area contributed by atoms with E-state index in [-0.39, 0.29) is 17.9 Å². The van der Waals surface area contributed by atoms with Crippen molar-refractivity contribution in [3.63, 3.8) is 0 Å². The minimum absolute atomic E-state index is 0.0359. The molecule has 24 heavy (non-hydrogen) atoms. The molecule has 0 spiro atoms. The number of benzene rings is 1. The summed E-state index contributed by atoms with van der Waals surface area (Å²) in [6.45, 7) is 3.03. The number of hydrogen-bond donors (Lipinski definition) is 2. The van der Waals surface area contributed by atoms with Gasteiger partial charge in [0.1, 0.15) is 6.61 Å². The number of amides is 2. The fraction of sp³-hybridized carbons (Fsp3) is 0.556. The molecule has 1 aromatic rings. The summed E-state index contributed by atoms with van der Waals surface area (Å²) in [5.74, 6) is 0.763. The molecule has 3 atom stereocenters. The van der Waals surface area contributed by atoms with Crippen molar-refractivity contribution in [2.24, 2.45) is 11.8 Å². The van der Waals surface area contributed by atoms with Gasteiger partial charge in [0.25, 0.3) is 0 Å². The van der Waals surface area contributed by atoms with Gasteiger partial charge in [-0.1, -0.05) is 12.1 Å². The second-order valence-electron chi connectivity index (χ2n) is 6.94. The average molecular weight is 329 g/mol. The molecule has 3 unspecified atom stereocenters. The molecule has 128 valence electrons. The molecular formula is C18H23N3O3. The van der Waals surface area contributed by atoms with Gasteiger partial charge in [0.15, 0.2) is 0 Å². The number of cyclic esters (lactones) is 1. The summed E-state index contributed by atoms with van der Waals surface area (Å²) in [5, 5.41) is 6.63. The SMILES string of the molecule is O=C1NC2CCNCC2CC1Cc1ccc(N2CCOC2=O)cc1. The highest BCUT2D eigenvalue weighted by molar-refractivity contribution is 5.89. The molecule has 1 aromatic carbocycles. The van der Waals surface area contributed by atoms with E-state index in [4.69, 9.17) is 4.74 Å². The van der Waals surface area contributed by atoms with Crippen LogP contribution >= 0.6 is 0 Å². The third kappa shape index (κ3) is 2.98.